The zero-order chi connectivity index (χ0) is 20.1. The summed E-state index contributed by atoms with van der Waals surface area (Å²) in [6, 6.07) is 20.9. The first-order valence-electron chi connectivity index (χ1n) is 10.5. The summed E-state index contributed by atoms with van der Waals surface area (Å²) in [6.45, 7) is 2.95. The number of aromatic nitrogens is 1. The number of anilines is 1. The van der Waals surface area contributed by atoms with Crippen molar-refractivity contribution in [2.45, 2.75) is 32.2 Å². The molecule has 1 fully saturated rings. The van der Waals surface area contributed by atoms with E-state index in [1.165, 1.54) is 30.5 Å². The molecule has 29 heavy (non-hydrogen) atoms. The first-order valence-corrected chi connectivity index (χ1v) is 10.5. The molecule has 3 aromatic rings. The maximum absolute atomic E-state index is 12.7. The Bertz CT molecular complexity index is 908. The van der Waals surface area contributed by atoms with E-state index in [2.05, 4.69) is 45.9 Å². The highest BCUT2D eigenvalue weighted by Gasteiger charge is 2.13. The van der Waals surface area contributed by atoms with Crippen LogP contribution in [0.5, 0.6) is 0 Å². The summed E-state index contributed by atoms with van der Waals surface area (Å²) < 4.78 is 2.06. The Balaban J connectivity index is 1.32. The number of carbonyl (C=O) groups excluding carboxylic acids is 1. The normalized spacial score (nSPS) is 14.0. The number of amides is 1. The minimum atomic E-state index is 0.138. The van der Waals surface area contributed by atoms with Crippen molar-refractivity contribution in [2.24, 2.45) is 0 Å². The van der Waals surface area contributed by atoms with Crippen LogP contribution in [-0.2, 0) is 17.8 Å². The van der Waals surface area contributed by atoms with Crippen LogP contribution in [0.4, 0.5) is 5.69 Å². The Morgan fingerprint density at radius 1 is 0.828 bits per heavy atom. The molecule has 4 rings (SSSR count). The number of carbonyl (C=O) groups is 1. The standard InChI is InChI=1S/C25H29N3O/c1-26(20-22-9-13-24(14-10-22)27-15-3-2-4-16-27)25(29)19-21-7-11-23(12-8-21)28-17-5-6-18-28/h5-14,17-18H,2-4,15-16,19-20H2,1H3. The summed E-state index contributed by atoms with van der Waals surface area (Å²) in [5, 5.41) is 0. The van der Waals surface area contributed by atoms with E-state index < -0.39 is 0 Å². The average molecular weight is 388 g/mol. The van der Waals surface area contributed by atoms with Crippen LogP contribution in [0, 0.1) is 0 Å². The fourth-order valence-corrected chi connectivity index (χ4v) is 3.93. The van der Waals surface area contributed by atoms with Crippen molar-refractivity contribution in [1.82, 2.24) is 9.47 Å². The molecule has 0 radical (unpaired) electrons. The van der Waals surface area contributed by atoms with Gasteiger partial charge in [0.05, 0.1) is 6.42 Å². The van der Waals surface area contributed by atoms with Crippen molar-refractivity contribution < 1.29 is 4.79 Å². The van der Waals surface area contributed by atoms with Gasteiger partial charge in [0.25, 0.3) is 0 Å². The van der Waals surface area contributed by atoms with Gasteiger partial charge in [-0.3, -0.25) is 4.79 Å². The van der Waals surface area contributed by atoms with Gasteiger partial charge in [0.1, 0.15) is 0 Å². The summed E-state index contributed by atoms with van der Waals surface area (Å²) in [6.07, 6.45) is 8.37. The van der Waals surface area contributed by atoms with Crippen LogP contribution in [0.15, 0.2) is 73.1 Å². The molecule has 2 aromatic carbocycles. The average Bonchev–Trinajstić information content (AvgIpc) is 3.30. The van der Waals surface area contributed by atoms with Crippen molar-refractivity contribution in [3.05, 3.63) is 84.2 Å². The lowest BCUT2D eigenvalue weighted by Crippen LogP contribution is -2.29. The van der Waals surface area contributed by atoms with Gasteiger partial charge in [-0.05, 0) is 66.8 Å². The molecule has 0 atom stereocenters. The molecule has 0 bridgehead atoms. The van der Waals surface area contributed by atoms with E-state index in [0.717, 1.165) is 24.3 Å². The molecule has 1 saturated heterocycles. The van der Waals surface area contributed by atoms with Crippen LogP contribution in [-0.4, -0.2) is 35.5 Å². The Morgan fingerprint density at radius 3 is 2.07 bits per heavy atom. The number of rotatable bonds is 6. The van der Waals surface area contributed by atoms with E-state index in [1.54, 1.807) is 0 Å². The smallest absolute Gasteiger partial charge is 0.227 e. The number of piperidine rings is 1. The second kappa shape index (κ2) is 8.99. The SMILES string of the molecule is CN(Cc1ccc(N2CCCCC2)cc1)C(=O)Cc1ccc(-n2cccc2)cc1. The maximum Gasteiger partial charge on any atom is 0.227 e. The number of hydrogen-bond donors (Lipinski definition) is 0. The molecule has 1 aliphatic rings. The van der Waals surface area contributed by atoms with Crippen molar-refractivity contribution in [3.63, 3.8) is 0 Å². The third-order valence-corrected chi connectivity index (χ3v) is 5.70. The Morgan fingerprint density at radius 2 is 1.41 bits per heavy atom. The number of likely N-dealkylation sites (N-methyl/N-ethyl adjacent to an activating group) is 1. The predicted molar refractivity (Wildman–Crippen MR) is 118 cm³/mol. The third-order valence-electron chi connectivity index (χ3n) is 5.70. The molecule has 4 nitrogen and oxygen atoms in total. The van der Waals surface area contributed by atoms with Crippen LogP contribution in [0.2, 0.25) is 0 Å². The number of nitrogens with zero attached hydrogens (tertiary/aromatic N) is 3. The van der Waals surface area contributed by atoms with Gasteiger partial charge in [-0.2, -0.15) is 0 Å². The molecule has 0 aliphatic carbocycles. The molecule has 1 amide bonds. The second-order valence-electron chi connectivity index (χ2n) is 7.90. The lowest BCUT2D eigenvalue weighted by atomic mass is 10.1. The lowest BCUT2D eigenvalue weighted by Gasteiger charge is -2.29. The highest BCUT2D eigenvalue weighted by atomic mass is 16.2. The molecule has 0 N–H and O–H groups in total. The monoisotopic (exact) mass is 387 g/mol. The van der Waals surface area contributed by atoms with E-state index >= 15 is 0 Å². The summed E-state index contributed by atoms with van der Waals surface area (Å²) in [5.41, 5.74) is 4.61. The zero-order valence-electron chi connectivity index (χ0n) is 17.1. The topological polar surface area (TPSA) is 28.5 Å². The van der Waals surface area contributed by atoms with Gasteiger partial charge in [0.15, 0.2) is 0 Å². The van der Waals surface area contributed by atoms with Crippen LogP contribution in [0.25, 0.3) is 5.69 Å². The number of hydrogen-bond acceptors (Lipinski definition) is 2. The molecule has 150 valence electrons. The van der Waals surface area contributed by atoms with Crippen molar-refractivity contribution in [3.8, 4) is 5.69 Å². The lowest BCUT2D eigenvalue weighted by molar-refractivity contribution is -0.129. The highest BCUT2D eigenvalue weighted by Crippen LogP contribution is 2.21. The van der Waals surface area contributed by atoms with E-state index in [1.807, 2.05) is 48.6 Å². The Labute approximate surface area is 173 Å². The summed E-state index contributed by atoms with van der Waals surface area (Å²) in [7, 11) is 1.88. The second-order valence-corrected chi connectivity index (χ2v) is 7.90. The zero-order valence-corrected chi connectivity index (χ0v) is 17.1. The van der Waals surface area contributed by atoms with Gasteiger partial charge >= 0.3 is 0 Å². The first-order chi connectivity index (χ1) is 14.2. The molecular weight excluding hydrogens is 358 g/mol. The molecule has 1 aromatic heterocycles. The van der Waals surface area contributed by atoms with E-state index in [0.29, 0.717) is 13.0 Å². The Hall–Kier alpha value is -3.01. The van der Waals surface area contributed by atoms with Crippen molar-refractivity contribution in [2.75, 3.05) is 25.0 Å². The quantitative estimate of drug-likeness (QED) is 0.615. The van der Waals surface area contributed by atoms with Crippen molar-refractivity contribution >= 4 is 11.6 Å². The van der Waals surface area contributed by atoms with Crippen LogP contribution in [0.3, 0.4) is 0 Å². The molecular formula is C25H29N3O. The maximum atomic E-state index is 12.7. The largest absolute Gasteiger partial charge is 0.372 e. The van der Waals surface area contributed by atoms with Gasteiger partial charge in [-0.1, -0.05) is 24.3 Å². The van der Waals surface area contributed by atoms with Gasteiger partial charge in [-0.15, -0.1) is 0 Å². The third kappa shape index (κ3) is 4.89. The Kier molecular flexibility index (Phi) is 5.99. The fourth-order valence-electron chi connectivity index (χ4n) is 3.93. The molecule has 1 aliphatic heterocycles. The van der Waals surface area contributed by atoms with Crippen LogP contribution < -0.4 is 4.90 Å². The van der Waals surface area contributed by atoms with Gasteiger partial charge < -0.3 is 14.4 Å². The first kappa shape index (κ1) is 19.3. The number of benzene rings is 2. The van der Waals surface area contributed by atoms with E-state index in [4.69, 9.17) is 0 Å². The highest BCUT2D eigenvalue weighted by molar-refractivity contribution is 5.78. The minimum absolute atomic E-state index is 0.138. The molecule has 4 heteroatoms. The molecule has 2 heterocycles. The minimum Gasteiger partial charge on any atom is -0.372 e. The molecule has 0 spiro atoms. The van der Waals surface area contributed by atoms with E-state index in [9.17, 15) is 4.79 Å². The summed E-state index contributed by atoms with van der Waals surface area (Å²) in [4.78, 5) is 16.9. The fraction of sp³-hybridized carbons (Fsp3) is 0.320. The van der Waals surface area contributed by atoms with Crippen LogP contribution in [0.1, 0.15) is 30.4 Å². The predicted octanol–water partition coefficient (Wildman–Crippen LogP) is 4.67. The van der Waals surface area contributed by atoms with Gasteiger partial charge in [0, 0.05) is 50.5 Å². The van der Waals surface area contributed by atoms with Gasteiger partial charge in [0.2, 0.25) is 5.91 Å². The molecule has 0 unspecified atom stereocenters. The van der Waals surface area contributed by atoms with Crippen LogP contribution >= 0.6 is 0 Å². The van der Waals surface area contributed by atoms with E-state index in [-0.39, 0.29) is 5.91 Å². The summed E-state index contributed by atoms with van der Waals surface area (Å²) in [5.74, 6) is 0.138. The summed E-state index contributed by atoms with van der Waals surface area (Å²) >= 11 is 0. The van der Waals surface area contributed by atoms with Gasteiger partial charge in [-0.25, -0.2) is 0 Å². The molecule has 0 saturated carbocycles. The van der Waals surface area contributed by atoms with Crippen molar-refractivity contribution in [1.29, 1.82) is 0 Å².